The summed E-state index contributed by atoms with van der Waals surface area (Å²) in [7, 11) is 0. The summed E-state index contributed by atoms with van der Waals surface area (Å²) in [5.74, 6) is 0.432. The van der Waals surface area contributed by atoms with Crippen molar-refractivity contribution >= 4 is 91.2 Å². The summed E-state index contributed by atoms with van der Waals surface area (Å²) in [6.07, 6.45) is 12.3. The number of nitrogens with zero attached hydrogens (tertiary/aromatic N) is 4. The van der Waals surface area contributed by atoms with E-state index in [1.807, 2.05) is 22.2 Å². The fourth-order valence-corrected chi connectivity index (χ4v) is 13.4. The molecular formula is C44H46N4O2S6. The number of carbonyl (C=O) groups is 2. The second kappa shape index (κ2) is 17.5. The molecular weight excluding hydrogens is 809 g/mol. The van der Waals surface area contributed by atoms with Gasteiger partial charge in [-0.2, -0.15) is 0 Å². The first kappa shape index (κ1) is 39.3. The van der Waals surface area contributed by atoms with Gasteiger partial charge in [0, 0.05) is 54.7 Å². The number of thiophene rings is 4. The van der Waals surface area contributed by atoms with E-state index in [4.69, 9.17) is 9.97 Å². The number of hydrogen-bond acceptors (Lipinski definition) is 10. The molecule has 8 rings (SSSR count). The van der Waals surface area contributed by atoms with Crippen LogP contribution in [0.5, 0.6) is 0 Å². The molecule has 56 heavy (non-hydrogen) atoms. The van der Waals surface area contributed by atoms with Crippen LogP contribution in [0.25, 0.3) is 50.4 Å². The number of amides is 2. The summed E-state index contributed by atoms with van der Waals surface area (Å²) in [4.78, 5) is 53.4. The predicted octanol–water partition coefficient (Wildman–Crippen LogP) is 13.8. The molecule has 8 heterocycles. The van der Waals surface area contributed by atoms with Gasteiger partial charge in [-0.1, -0.05) is 78.4 Å². The largest absolute Gasteiger partial charge is 0.304 e. The van der Waals surface area contributed by atoms with Gasteiger partial charge in [-0.25, -0.2) is 9.97 Å². The summed E-state index contributed by atoms with van der Waals surface area (Å²) in [6, 6.07) is 17.1. The zero-order valence-electron chi connectivity index (χ0n) is 32.2. The van der Waals surface area contributed by atoms with Crippen LogP contribution in [0.2, 0.25) is 0 Å². The monoisotopic (exact) mass is 854 g/mol. The Hall–Kier alpha value is -3.52. The quantitative estimate of drug-likeness (QED) is 0.0864. The first-order chi connectivity index (χ1) is 27.4. The highest BCUT2D eigenvalue weighted by Gasteiger charge is 2.51. The summed E-state index contributed by atoms with van der Waals surface area (Å²) in [5.41, 5.74) is 2.35. The minimum absolute atomic E-state index is 0.0990. The summed E-state index contributed by atoms with van der Waals surface area (Å²) in [6.45, 7) is 9.98. The lowest BCUT2D eigenvalue weighted by Crippen LogP contribution is -2.34. The molecule has 6 nitrogen and oxygen atoms in total. The van der Waals surface area contributed by atoms with Gasteiger partial charge >= 0.3 is 0 Å². The minimum Gasteiger partial charge on any atom is -0.304 e. The van der Waals surface area contributed by atoms with Crippen molar-refractivity contribution in [2.45, 2.75) is 79.1 Å². The average Bonchev–Trinajstić information content (AvgIpc) is 4.06. The van der Waals surface area contributed by atoms with Crippen molar-refractivity contribution in [1.82, 2.24) is 19.8 Å². The van der Waals surface area contributed by atoms with Crippen molar-refractivity contribution in [2.24, 2.45) is 11.8 Å². The second-order valence-corrected chi connectivity index (χ2v) is 20.6. The lowest BCUT2D eigenvalue weighted by molar-refractivity contribution is -0.124. The van der Waals surface area contributed by atoms with Crippen molar-refractivity contribution in [1.29, 1.82) is 0 Å². The van der Waals surface area contributed by atoms with E-state index in [9.17, 15) is 0 Å². The standard InChI is InChI=1S/C44H46N4O2S6/c1-5-9-13-27(7-3)25-47-39(41-45-23-35(55-41)33-19-17-31(53-33)29-15-11-21-51-29)37-38(43(47)49)40(48(44(37)50)26-28(8-4)14-10-6-2)42-46-24-36(56-42)34-20-18-32(54-34)30-16-12-22-52-30/h11-12,15-24,27-28H,5-10,13-14,25-26H2,1-4H3. The van der Waals surface area contributed by atoms with Crippen LogP contribution in [-0.2, 0) is 9.59 Å². The number of rotatable bonds is 18. The van der Waals surface area contributed by atoms with Crippen molar-refractivity contribution < 1.29 is 9.59 Å². The third-order valence-electron chi connectivity index (χ3n) is 10.8. The Morgan fingerprint density at radius 3 is 1.30 bits per heavy atom. The minimum atomic E-state index is -0.0990. The SMILES string of the molecule is CCCCC(CC)CN1C(=O)C2=C(c3ncc(-c4ccc(-c5cccs5)s4)s3)N(CC(CC)CCCC)C(=O)C2=C1c1ncc(-c2ccc(-c3cccs3)s2)s1. The maximum atomic E-state index is 15.1. The molecule has 0 saturated heterocycles. The second-order valence-electron chi connectivity index (χ2n) is 14.5. The van der Waals surface area contributed by atoms with Crippen LogP contribution >= 0.6 is 68.0 Å². The molecule has 12 heteroatoms. The third-order valence-corrected chi connectivity index (χ3v) is 17.5. The molecule has 0 bridgehead atoms. The van der Waals surface area contributed by atoms with Gasteiger partial charge in [0.15, 0.2) is 0 Å². The van der Waals surface area contributed by atoms with Crippen LogP contribution in [0.15, 0.2) is 82.8 Å². The van der Waals surface area contributed by atoms with E-state index in [1.54, 1.807) is 68.0 Å². The molecule has 0 fully saturated rings. The first-order valence-electron chi connectivity index (χ1n) is 19.7. The fourth-order valence-electron chi connectivity index (χ4n) is 7.58. The first-order valence-corrected chi connectivity index (χ1v) is 24.8. The molecule has 2 aliphatic rings. The van der Waals surface area contributed by atoms with Gasteiger partial charge < -0.3 is 9.80 Å². The predicted molar refractivity (Wildman–Crippen MR) is 241 cm³/mol. The maximum absolute atomic E-state index is 15.1. The van der Waals surface area contributed by atoms with E-state index in [1.165, 1.54) is 19.5 Å². The van der Waals surface area contributed by atoms with Crippen LogP contribution in [0, 0.1) is 11.8 Å². The number of unbranched alkanes of at least 4 members (excludes halogenated alkanes) is 2. The molecule has 2 unspecified atom stereocenters. The van der Waals surface area contributed by atoms with Gasteiger partial charge in [0.25, 0.3) is 11.8 Å². The average molecular weight is 855 g/mol. The maximum Gasteiger partial charge on any atom is 0.261 e. The van der Waals surface area contributed by atoms with E-state index in [2.05, 4.69) is 87.0 Å². The van der Waals surface area contributed by atoms with Crippen molar-refractivity contribution in [2.75, 3.05) is 13.1 Å². The summed E-state index contributed by atoms with van der Waals surface area (Å²) in [5, 5.41) is 5.66. The molecule has 2 aliphatic heterocycles. The van der Waals surface area contributed by atoms with Crippen LogP contribution < -0.4 is 0 Å². The highest BCUT2D eigenvalue weighted by molar-refractivity contribution is 7.27. The molecule has 0 aromatic carbocycles. The van der Waals surface area contributed by atoms with Gasteiger partial charge in [-0.15, -0.1) is 68.0 Å². The zero-order chi connectivity index (χ0) is 38.8. The Balaban J connectivity index is 1.24. The van der Waals surface area contributed by atoms with Gasteiger partial charge in [0.05, 0.1) is 32.3 Å². The molecule has 0 radical (unpaired) electrons. The molecule has 0 aliphatic carbocycles. The van der Waals surface area contributed by atoms with E-state index >= 15 is 9.59 Å². The van der Waals surface area contributed by atoms with Crippen molar-refractivity contribution in [3.05, 3.63) is 92.8 Å². The highest BCUT2D eigenvalue weighted by Crippen LogP contribution is 2.50. The lowest BCUT2D eigenvalue weighted by atomic mass is 9.98. The van der Waals surface area contributed by atoms with Gasteiger partial charge in [-0.05, 0) is 71.8 Å². The Labute approximate surface area is 353 Å². The molecule has 0 N–H and O–H groups in total. The number of hydrogen-bond donors (Lipinski definition) is 0. The topological polar surface area (TPSA) is 66.4 Å². The molecule has 290 valence electrons. The van der Waals surface area contributed by atoms with Gasteiger partial charge in [0.1, 0.15) is 10.0 Å². The van der Waals surface area contributed by atoms with Crippen LogP contribution in [0.1, 0.15) is 89.1 Å². The molecule has 2 amide bonds. The normalized spacial score (nSPS) is 15.6. The third kappa shape index (κ3) is 7.73. The molecule has 0 spiro atoms. The smallest absolute Gasteiger partial charge is 0.261 e. The number of fused-ring (bicyclic) bond motifs is 1. The van der Waals surface area contributed by atoms with Crippen molar-refractivity contribution in [3.8, 4) is 39.0 Å². The van der Waals surface area contributed by atoms with E-state index in [0.717, 1.165) is 80.9 Å². The zero-order valence-corrected chi connectivity index (χ0v) is 37.1. The number of thiazole rings is 2. The summed E-state index contributed by atoms with van der Waals surface area (Å²) < 4.78 is 0. The van der Waals surface area contributed by atoms with E-state index in [0.29, 0.717) is 47.5 Å². The number of aromatic nitrogens is 2. The molecule has 2 atom stereocenters. The fraction of sp³-hybridized carbons (Fsp3) is 0.364. The Morgan fingerprint density at radius 1 is 0.536 bits per heavy atom. The molecule has 6 aromatic rings. The lowest BCUT2D eigenvalue weighted by Gasteiger charge is -2.28. The van der Waals surface area contributed by atoms with Gasteiger partial charge in [0.2, 0.25) is 0 Å². The highest BCUT2D eigenvalue weighted by atomic mass is 32.1. The Morgan fingerprint density at radius 2 is 0.946 bits per heavy atom. The van der Waals surface area contributed by atoms with Gasteiger partial charge in [-0.3, -0.25) is 9.59 Å². The summed E-state index contributed by atoms with van der Waals surface area (Å²) >= 11 is 10.1. The van der Waals surface area contributed by atoms with Crippen molar-refractivity contribution in [3.63, 3.8) is 0 Å². The number of carbonyl (C=O) groups excluding carboxylic acids is 2. The molecule has 6 aromatic heterocycles. The van der Waals surface area contributed by atoms with E-state index in [-0.39, 0.29) is 11.8 Å². The van der Waals surface area contributed by atoms with Crippen LogP contribution in [0.4, 0.5) is 0 Å². The van der Waals surface area contributed by atoms with Crippen LogP contribution in [-0.4, -0.2) is 44.7 Å². The van der Waals surface area contributed by atoms with E-state index < -0.39 is 0 Å². The molecule has 0 saturated carbocycles. The Bertz CT molecular complexity index is 2190. The van der Waals surface area contributed by atoms with Crippen LogP contribution in [0.3, 0.4) is 0 Å². The Kier molecular flexibility index (Phi) is 12.3.